The van der Waals surface area contributed by atoms with Gasteiger partial charge < -0.3 is 111 Å². The summed E-state index contributed by atoms with van der Waals surface area (Å²) < 4.78 is 5.59. The number of nitrogens with zero attached hydrogens (tertiary/aromatic N) is 8. The standard InChI is InChI=1S/2C16H36N.2C13H13ClN3O3.13O.6V/c2*1-5-9-13-17(14-10-6-2,15-11-7-3)16-12-8-4;2*14-11-3-1-10(2-4-11)12-5-17(16-15-12)6-13(7-18,8-19)9-20;;;;;;;;;;;;;;;;;;;/h2*5-16H2,1-4H3;2*1-5H,6-9H2;;;;;;;;;;;;;;;;;;;/q2*+1;2*-3;13*-2;;;;;;. The van der Waals surface area contributed by atoms with E-state index in [0.29, 0.717) is 21.4 Å². The zero-order valence-corrected chi connectivity index (χ0v) is 65.1. The van der Waals surface area contributed by atoms with Gasteiger partial charge >= 0.3 is 0 Å². The molecule has 0 aliphatic carbocycles. The fourth-order valence-corrected chi connectivity index (χ4v) is 9.01. The summed E-state index contributed by atoms with van der Waals surface area (Å²) in [7, 11) is 0. The molecule has 0 amide bonds. The molecular weight excluding hydrogens is 1490 g/mol. The van der Waals surface area contributed by atoms with Crippen LogP contribution in [0.3, 0.4) is 0 Å². The second-order valence-electron chi connectivity index (χ2n) is 20.8. The van der Waals surface area contributed by atoms with Crippen LogP contribution in [0.2, 0.25) is 10.0 Å². The summed E-state index contributed by atoms with van der Waals surface area (Å²) in [5.74, 6) is 0. The summed E-state index contributed by atoms with van der Waals surface area (Å²) in [6.07, 6.45) is 25.3. The Hall–Kier alpha value is -0.0335. The third kappa shape index (κ3) is 57.3. The third-order valence-electron chi connectivity index (χ3n) is 14.1. The Morgan fingerprint density at radius 2 is 0.495 bits per heavy atom. The van der Waals surface area contributed by atoms with E-state index in [9.17, 15) is 30.6 Å². The van der Waals surface area contributed by atoms with Crippen LogP contribution in [-0.2, 0) is 196 Å². The molecule has 0 N–H and O–H groups in total. The predicted molar refractivity (Wildman–Crippen MR) is 303 cm³/mol. The molecule has 27 nitrogen and oxygen atoms in total. The quantitative estimate of drug-likeness (QED) is 0.0494. The molecule has 2 aromatic carbocycles. The van der Waals surface area contributed by atoms with Crippen LogP contribution >= 0.6 is 23.2 Å². The number of benzene rings is 2. The van der Waals surface area contributed by atoms with Crippen LogP contribution in [0.15, 0.2) is 60.9 Å². The van der Waals surface area contributed by atoms with Gasteiger partial charge in [-0.2, -0.15) is 0 Å². The molecule has 0 aliphatic heterocycles. The van der Waals surface area contributed by atoms with E-state index in [1.54, 1.807) is 60.9 Å². The molecule has 0 saturated carbocycles. The van der Waals surface area contributed by atoms with Gasteiger partial charge in [0.05, 0.1) is 64.8 Å². The molecule has 2 heterocycles. The Kier molecular flexibility index (Phi) is 133. The predicted octanol–water partition coefficient (Wildman–Crippen LogP) is 5.78. The first kappa shape index (κ1) is 144. The van der Waals surface area contributed by atoms with E-state index in [1.165, 1.54) is 173 Å². The van der Waals surface area contributed by atoms with E-state index >= 15 is 0 Å². The molecule has 0 bridgehead atoms. The SMILES string of the molecule is CCCC[N+](CCCC)(CCCC)CCCC.CCCC[N+](CCCC)(CCCC)CCCC.[O-2].[O-2].[O-2].[O-2].[O-2].[O-2].[O-2].[O-2].[O-2].[O-2].[O-2].[O-2].[O-2].[O-]CC(C[O-])(C[O-])Cn1cc(-c2ccc(Cl)cc2)nn1.[O-]CC(C[O-])(C[O-])Cn1cc(-c2ccc(Cl)cc2)nn1.[V].[V].[V].[V].[V].[V]. The maximum absolute atomic E-state index is 11.1. The summed E-state index contributed by atoms with van der Waals surface area (Å²) in [6.45, 7) is 25.7. The van der Waals surface area contributed by atoms with Crippen molar-refractivity contribution in [2.24, 2.45) is 10.8 Å². The molecule has 4 rings (SSSR count). The number of hydrogen-bond donors (Lipinski definition) is 0. The van der Waals surface area contributed by atoms with Crippen molar-refractivity contribution in [1.29, 1.82) is 0 Å². The minimum absolute atomic E-state index is 0. The van der Waals surface area contributed by atoms with Crippen molar-refractivity contribution in [3.05, 3.63) is 71.0 Å². The summed E-state index contributed by atoms with van der Waals surface area (Å²) in [6, 6.07) is 14.1. The minimum atomic E-state index is -1.34. The molecule has 93 heavy (non-hydrogen) atoms. The van der Waals surface area contributed by atoms with Gasteiger partial charge in [0.2, 0.25) is 0 Å². The van der Waals surface area contributed by atoms with Gasteiger partial charge in [0.1, 0.15) is 11.4 Å². The van der Waals surface area contributed by atoms with Crippen LogP contribution in [0.1, 0.15) is 158 Å². The summed E-state index contributed by atoms with van der Waals surface area (Å²) in [5.41, 5.74) is 0.141. The third-order valence-corrected chi connectivity index (χ3v) is 14.6. The van der Waals surface area contributed by atoms with Crippen LogP contribution in [0.25, 0.3) is 22.5 Å². The van der Waals surface area contributed by atoms with E-state index < -0.39 is 50.5 Å². The Bertz CT molecular complexity index is 1760. The van der Waals surface area contributed by atoms with Gasteiger partial charge in [-0.3, -0.25) is 9.36 Å². The molecule has 0 fully saturated rings. The van der Waals surface area contributed by atoms with E-state index in [-0.39, 0.29) is 196 Å². The smallest absolute Gasteiger partial charge is 0.113 e. The maximum atomic E-state index is 11.1. The van der Waals surface area contributed by atoms with Gasteiger partial charge in [-0.25, -0.2) is 0 Å². The first-order chi connectivity index (χ1) is 35.7. The summed E-state index contributed by atoms with van der Waals surface area (Å²) in [5, 5.41) is 83.2. The summed E-state index contributed by atoms with van der Waals surface area (Å²) >= 11 is 11.6. The Balaban J connectivity index is -0.0000000434. The van der Waals surface area contributed by atoms with Crippen LogP contribution in [0, 0.1) is 10.8 Å². The zero-order valence-electron chi connectivity index (χ0n) is 55.2. The summed E-state index contributed by atoms with van der Waals surface area (Å²) in [4.78, 5) is 0. The van der Waals surface area contributed by atoms with E-state index in [2.05, 4.69) is 76.0 Å². The average Bonchev–Trinajstić information content (AvgIpc) is 4.12. The second-order valence-corrected chi connectivity index (χ2v) is 21.7. The van der Waals surface area contributed by atoms with Gasteiger partial charge in [-0.15, -0.1) is 49.8 Å². The Morgan fingerprint density at radius 3 is 0.645 bits per heavy atom. The largest absolute Gasteiger partial charge is 2.00 e. The van der Waals surface area contributed by atoms with Gasteiger partial charge in [-0.1, -0.05) is 175 Å². The second kappa shape index (κ2) is 86.2. The van der Waals surface area contributed by atoms with Crippen molar-refractivity contribution in [2.45, 2.75) is 171 Å². The molecule has 0 spiro atoms. The van der Waals surface area contributed by atoms with E-state index in [1.807, 2.05) is 0 Å². The van der Waals surface area contributed by atoms with Crippen LogP contribution in [-0.4, -0.2) is 131 Å². The van der Waals surface area contributed by atoms with E-state index in [4.69, 9.17) is 23.2 Å². The molecule has 0 atom stereocenters. The van der Waals surface area contributed by atoms with Crippen LogP contribution < -0.4 is 30.6 Å². The maximum Gasteiger partial charge on any atom is 0.113 e. The molecule has 4 aromatic rings. The normalized spacial score (nSPS) is 9.46. The van der Waals surface area contributed by atoms with E-state index in [0.717, 1.165) is 11.1 Å². The fourth-order valence-electron chi connectivity index (χ4n) is 8.76. The molecule has 0 unspecified atom stereocenters. The van der Waals surface area contributed by atoms with Crippen molar-refractivity contribution in [1.82, 2.24) is 30.0 Å². The van der Waals surface area contributed by atoms with Crippen LogP contribution in [0.4, 0.5) is 0 Å². The average molecular weight is 1590 g/mol. The molecule has 2 aromatic heterocycles. The molecule has 35 heteroatoms. The van der Waals surface area contributed by atoms with Gasteiger partial charge in [0.25, 0.3) is 0 Å². The number of unbranched alkanes of at least 4 members (excludes halogenated alkanes) is 8. The number of halogens is 2. The van der Waals surface area contributed by atoms with Gasteiger partial charge in [-0.05, 0) is 75.6 Å². The Labute approximate surface area is 637 Å². The monoisotopic (exact) mass is 1590 g/mol. The number of rotatable bonds is 36. The van der Waals surface area contributed by atoms with Gasteiger partial charge in [0.15, 0.2) is 0 Å². The first-order valence-electron chi connectivity index (χ1n) is 28.2. The molecule has 6 radical (unpaired) electrons. The number of aromatic nitrogens is 6. The molecule has 0 aliphatic rings. The van der Waals surface area contributed by atoms with Crippen LogP contribution in [0.5, 0.6) is 0 Å². The topological polar surface area (TPSA) is 570 Å². The fraction of sp³-hybridized carbons (Fsp3) is 0.724. The zero-order chi connectivity index (χ0) is 55.1. The van der Waals surface area contributed by atoms with Gasteiger partial charge in [0, 0.05) is 146 Å². The van der Waals surface area contributed by atoms with Crippen molar-refractivity contribution < 1.29 is 222 Å². The van der Waals surface area contributed by atoms with Crippen molar-refractivity contribution in [2.75, 3.05) is 92.0 Å². The Morgan fingerprint density at radius 1 is 0.323 bits per heavy atom. The van der Waals surface area contributed by atoms with Crippen molar-refractivity contribution in [3.8, 4) is 22.5 Å². The molecule has 0 saturated heterocycles. The molecular formula is C58H98Cl2N8O19V6-30. The number of hydrogen-bond acceptors (Lipinski definition) is 10. The van der Waals surface area contributed by atoms with Crippen molar-refractivity contribution >= 4 is 23.2 Å². The molecule has 558 valence electrons. The number of quaternary nitrogens is 2. The minimum Gasteiger partial charge on any atom is -2.00 e. The van der Waals surface area contributed by atoms with Crippen molar-refractivity contribution in [3.63, 3.8) is 0 Å². The first-order valence-corrected chi connectivity index (χ1v) is 29.0.